The number of anilines is 1. The fourth-order valence-electron chi connectivity index (χ4n) is 3.17. The number of aromatic carboxylic acids is 1. The van der Waals surface area contributed by atoms with E-state index in [-0.39, 0.29) is 5.56 Å². The molecule has 1 saturated carbocycles. The normalized spacial score (nSPS) is 26.2. The van der Waals surface area contributed by atoms with Crippen LogP contribution in [0.15, 0.2) is 18.3 Å². The summed E-state index contributed by atoms with van der Waals surface area (Å²) in [6.45, 7) is 2.61. The van der Waals surface area contributed by atoms with Gasteiger partial charge in [-0.25, -0.2) is 9.78 Å². The smallest absolute Gasteiger partial charge is 0.339 e. The molecule has 2 aliphatic rings. The summed E-state index contributed by atoms with van der Waals surface area (Å²) in [6.07, 6.45) is 5.21. The molecule has 1 aromatic rings. The van der Waals surface area contributed by atoms with E-state index >= 15 is 0 Å². The fraction of sp³-hybridized carbons (Fsp3) is 0.600. The van der Waals surface area contributed by atoms with Crippen LogP contribution in [0, 0.1) is 17.8 Å². The molecule has 1 aromatic heterocycles. The number of carbonyl (C=O) groups is 1. The van der Waals surface area contributed by atoms with Crippen LogP contribution >= 0.6 is 0 Å². The summed E-state index contributed by atoms with van der Waals surface area (Å²) in [7, 11) is 0. The molecule has 3 rings (SSSR count). The van der Waals surface area contributed by atoms with Gasteiger partial charge in [0.15, 0.2) is 0 Å². The van der Waals surface area contributed by atoms with E-state index in [0.717, 1.165) is 31.6 Å². The maximum atomic E-state index is 11.1. The first kappa shape index (κ1) is 13.4. The van der Waals surface area contributed by atoms with Gasteiger partial charge in [-0.1, -0.05) is 0 Å². The Balaban J connectivity index is 1.52. The molecule has 2 heterocycles. The monoisotopic (exact) mass is 276 g/mol. The first-order valence-corrected chi connectivity index (χ1v) is 7.25. The molecular weight excluding hydrogens is 256 g/mol. The van der Waals surface area contributed by atoms with Gasteiger partial charge in [0.1, 0.15) is 11.4 Å². The van der Waals surface area contributed by atoms with Gasteiger partial charge in [0.2, 0.25) is 0 Å². The van der Waals surface area contributed by atoms with E-state index in [1.165, 1.54) is 19.3 Å². The number of hydrogen-bond acceptors (Lipinski definition) is 4. The second-order valence-electron chi connectivity index (χ2n) is 5.70. The molecule has 0 radical (unpaired) electrons. The van der Waals surface area contributed by atoms with Crippen LogP contribution in [0.25, 0.3) is 0 Å². The van der Waals surface area contributed by atoms with Crippen LogP contribution in [-0.4, -0.2) is 35.8 Å². The second-order valence-corrected chi connectivity index (χ2v) is 5.70. The van der Waals surface area contributed by atoms with E-state index in [2.05, 4.69) is 10.3 Å². The lowest BCUT2D eigenvalue weighted by Crippen LogP contribution is -2.19. The lowest BCUT2D eigenvalue weighted by atomic mass is 9.93. The summed E-state index contributed by atoms with van der Waals surface area (Å²) in [5.74, 6) is 1.78. The number of nitrogens with zero attached hydrogens (tertiary/aromatic N) is 1. The number of aromatic nitrogens is 1. The molecule has 2 atom stereocenters. The van der Waals surface area contributed by atoms with Crippen molar-refractivity contribution in [3.05, 3.63) is 23.9 Å². The van der Waals surface area contributed by atoms with Crippen molar-refractivity contribution in [3.63, 3.8) is 0 Å². The molecule has 0 spiro atoms. The Bertz CT molecular complexity index is 486. The van der Waals surface area contributed by atoms with E-state index in [0.29, 0.717) is 11.7 Å². The molecule has 1 saturated heterocycles. The minimum atomic E-state index is -0.933. The van der Waals surface area contributed by atoms with E-state index in [1.54, 1.807) is 18.3 Å². The van der Waals surface area contributed by atoms with Crippen LogP contribution in [0.5, 0.6) is 0 Å². The van der Waals surface area contributed by atoms with Gasteiger partial charge >= 0.3 is 5.97 Å². The molecule has 5 heteroatoms. The predicted molar refractivity (Wildman–Crippen MR) is 74.8 cm³/mol. The molecule has 5 nitrogen and oxygen atoms in total. The number of pyridine rings is 1. The summed E-state index contributed by atoms with van der Waals surface area (Å²) in [5, 5.41) is 12.3. The van der Waals surface area contributed by atoms with Gasteiger partial charge in [-0.15, -0.1) is 0 Å². The molecule has 1 aliphatic heterocycles. The van der Waals surface area contributed by atoms with E-state index in [1.807, 2.05) is 0 Å². The third-order valence-corrected chi connectivity index (χ3v) is 4.42. The Morgan fingerprint density at radius 3 is 3.00 bits per heavy atom. The zero-order valence-corrected chi connectivity index (χ0v) is 11.4. The van der Waals surface area contributed by atoms with E-state index in [4.69, 9.17) is 9.84 Å². The summed E-state index contributed by atoms with van der Waals surface area (Å²) >= 11 is 0. The molecule has 2 N–H and O–H groups in total. The highest BCUT2D eigenvalue weighted by Gasteiger charge is 2.42. The lowest BCUT2D eigenvalue weighted by molar-refractivity contribution is 0.0583. The first-order chi connectivity index (χ1) is 9.75. The van der Waals surface area contributed by atoms with Crippen molar-refractivity contribution in [3.8, 4) is 0 Å². The second kappa shape index (κ2) is 5.79. The maximum absolute atomic E-state index is 11.1. The maximum Gasteiger partial charge on any atom is 0.339 e. The van der Waals surface area contributed by atoms with Crippen LogP contribution in [0.2, 0.25) is 0 Å². The Hall–Kier alpha value is -1.62. The van der Waals surface area contributed by atoms with Crippen molar-refractivity contribution in [1.29, 1.82) is 0 Å². The van der Waals surface area contributed by atoms with Gasteiger partial charge < -0.3 is 15.2 Å². The largest absolute Gasteiger partial charge is 0.478 e. The molecule has 0 unspecified atom stereocenters. The third-order valence-electron chi connectivity index (χ3n) is 4.42. The summed E-state index contributed by atoms with van der Waals surface area (Å²) < 4.78 is 5.39. The quantitative estimate of drug-likeness (QED) is 0.863. The van der Waals surface area contributed by atoms with Crippen molar-refractivity contribution < 1.29 is 14.6 Å². The van der Waals surface area contributed by atoms with Gasteiger partial charge in [-0.3, -0.25) is 0 Å². The van der Waals surface area contributed by atoms with Crippen molar-refractivity contribution in [2.45, 2.75) is 19.3 Å². The molecule has 20 heavy (non-hydrogen) atoms. The van der Waals surface area contributed by atoms with Crippen molar-refractivity contribution in [2.75, 3.05) is 25.1 Å². The van der Waals surface area contributed by atoms with Gasteiger partial charge in [-0.2, -0.15) is 0 Å². The average Bonchev–Trinajstić information content (AvgIpc) is 3.26. The third kappa shape index (κ3) is 2.93. The highest BCUT2D eigenvalue weighted by Crippen LogP contribution is 2.47. The molecule has 0 aromatic carbocycles. The standard InChI is InChI=1S/C15H20N2O3/c18-15(19)12-2-1-5-16-14(12)17-9-11-8-13(11)10-3-6-20-7-4-10/h1-2,5,10-11,13H,3-4,6-9H2,(H,16,17)(H,18,19)/t11-,13-/m0/s1. The number of ether oxygens (including phenoxy) is 1. The molecular formula is C15H20N2O3. The Kier molecular flexibility index (Phi) is 3.87. The highest BCUT2D eigenvalue weighted by molar-refractivity contribution is 5.92. The van der Waals surface area contributed by atoms with Crippen molar-refractivity contribution >= 4 is 11.8 Å². The molecule has 0 bridgehead atoms. The van der Waals surface area contributed by atoms with Gasteiger partial charge in [-0.05, 0) is 49.1 Å². The molecule has 0 amide bonds. The Morgan fingerprint density at radius 1 is 1.45 bits per heavy atom. The highest BCUT2D eigenvalue weighted by atomic mass is 16.5. The van der Waals surface area contributed by atoms with Crippen LogP contribution in [0.4, 0.5) is 5.82 Å². The van der Waals surface area contributed by atoms with E-state index in [9.17, 15) is 4.79 Å². The SMILES string of the molecule is O=C(O)c1cccnc1NC[C@@H]1C[C@H]1C1CCOCC1. The van der Waals surface area contributed by atoms with Gasteiger partial charge in [0, 0.05) is 26.0 Å². The van der Waals surface area contributed by atoms with Crippen LogP contribution in [-0.2, 0) is 4.74 Å². The zero-order chi connectivity index (χ0) is 13.9. The van der Waals surface area contributed by atoms with Crippen LogP contribution < -0.4 is 5.32 Å². The summed E-state index contributed by atoms with van der Waals surface area (Å²) in [5.41, 5.74) is 0.246. The Labute approximate surface area is 118 Å². The van der Waals surface area contributed by atoms with Gasteiger partial charge in [0.25, 0.3) is 0 Å². The number of carboxylic acids is 1. The summed E-state index contributed by atoms with van der Waals surface area (Å²) in [6, 6.07) is 3.23. The first-order valence-electron chi connectivity index (χ1n) is 7.25. The predicted octanol–water partition coefficient (Wildman–Crippen LogP) is 2.25. The zero-order valence-electron chi connectivity index (χ0n) is 11.4. The van der Waals surface area contributed by atoms with Crippen LogP contribution in [0.1, 0.15) is 29.6 Å². The minimum absolute atomic E-state index is 0.246. The van der Waals surface area contributed by atoms with Crippen molar-refractivity contribution in [1.82, 2.24) is 4.98 Å². The molecule has 2 fully saturated rings. The Morgan fingerprint density at radius 2 is 2.25 bits per heavy atom. The number of rotatable bonds is 5. The fourth-order valence-corrected chi connectivity index (χ4v) is 3.17. The van der Waals surface area contributed by atoms with Gasteiger partial charge in [0.05, 0.1) is 0 Å². The minimum Gasteiger partial charge on any atom is -0.478 e. The number of nitrogens with one attached hydrogen (secondary N) is 1. The number of hydrogen-bond donors (Lipinski definition) is 2. The molecule has 1 aliphatic carbocycles. The average molecular weight is 276 g/mol. The summed E-state index contributed by atoms with van der Waals surface area (Å²) in [4.78, 5) is 15.2. The van der Waals surface area contributed by atoms with Crippen molar-refractivity contribution in [2.24, 2.45) is 17.8 Å². The van der Waals surface area contributed by atoms with Crippen LogP contribution in [0.3, 0.4) is 0 Å². The topological polar surface area (TPSA) is 71.5 Å². The molecule has 108 valence electrons. The van der Waals surface area contributed by atoms with E-state index < -0.39 is 5.97 Å². The number of carboxylic acid groups (broad SMARTS) is 1. The lowest BCUT2D eigenvalue weighted by Gasteiger charge is -2.22.